The minimum Gasteiger partial charge on any atom is -0.357 e. The van der Waals surface area contributed by atoms with E-state index in [1.807, 2.05) is 26.8 Å². The molecule has 0 aliphatic heterocycles. The molecule has 0 aliphatic rings. The molecule has 0 saturated heterocycles. The van der Waals surface area contributed by atoms with Crippen molar-refractivity contribution in [1.82, 2.24) is 9.97 Å². The standard InChI is InChI=1S/C22H23N7O5/c1-4-27(5-2)20-10-14(3)23-22(26-20)25-17-8-6-16(7-9-17)24-21(30)15-11-18(28(31)32)13-19(12-15)29(33)34/h6-13H,4-5H2,1-3H3,(H,24,30)(H,23,25,26). The van der Waals surface area contributed by atoms with Gasteiger partial charge in [-0.1, -0.05) is 0 Å². The number of benzene rings is 2. The Morgan fingerprint density at radius 2 is 1.47 bits per heavy atom. The maximum Gasteiger partial charge on any atom is 0.277 e. The molecule has 0 aliphatic carbocycles. The van der Waals surface area contributed by atoms with Crippen molar-refractivity contribution in [2.75, 3.05) is 28.6 Å². The Bertz CT molecular complexity index is 1190. The highest BCUT2D eigenvalue weighted by atomic mass is 16.6. The fourth-order valence-corrected chi connectivity index (χ4v) is 3.22. The highest BCUT2D eigenvalue weighted by molar-refractivity contribution is 6.05. The summed E-state index contributed by atoms with van der Waals surface area (Å²) in [6, 6.07) is 11.3. The van der Waals surface area contributed by atoms with E-state index in [4.69, 9.17) is 0 Å². The Balaban J connectivity index is 1.75. The molecule has 0 saturated carbocycles. The molecule has 3 rings (SSSR count). The summed E-state index contributed by atoms with van der Waals surface area (Å²) >= 11 is 0. The molecule has 2 aromatic carbocycles. The van der Waals surface area contributed by atoms with Crippen LogP contribution < -0.4 is 15.5 Å². The van der Waals surface area contributed by atoms with Crippen LogP contribution in [-0.2, 0) is 0 Å². The number of carbonyl (C=O) groups is 1. The minimum absolute atomic E-state index is 0.194. The van der Waals surface area contributed by atoms with Crippen LogP contribution in [0.4, 0.5) is 34.5 Å². The number of aromatic nitrogens is 2. The van der Waals surface area contributed by atoms with Gasteiger partial charge in [0.1, 0.15) is 5.82 Å². The molecular formula is C22H23N7O5. The summed E-state index contributed by atoms with van der Waals surface area (Å²) < 4.78 is 0. The van der Waals surface area contributed by atoms with E-state index in [0.29, 0.717) is 17.3 Å². The Kier molecular flexibility index (Phi) is 7.31. The van der Waals surface area contributed by atoms with E-state index in [0.717, 1.165) is 42.8 Å². The summed E-state index contributed by atoms with van der Waals surface area (Å²) in [5.74, 6) is 0.538. The smallest absolute Gasteiger partial charge is 0.277 e. The molecule has 34 heavy (non-hydrogen) atoms. The van der Waals surface area contributed by atoms with Crippen molar-refractivity contribution in [3.63, 3.8) is 0 Å². The summed E-state index contributed by atoms with van der Waals surface area (Å²) in [4.78, 5) is 44.1. The fraction of sp³-hybridized carbons (Fsp3) is 0.227. The highest BCUT2D eigenvalue weighted by Crippen LogP contribution is 2.24. The Morgan fingerprint density at radius 1 is 0.912 bits per heavy atom. The van der Waals surface area contributed by atoms with Crippen LogP contribution in [0.5, 0.6) is 0 Å². The van der Waals surface area contributed by atoms with Crippen molar-refractivity contribution in [3.8, 4) is 0 Å². The molecule has 12 nitrogen and oxygen atoms in total. The molecule has 2 N–H and O–H groups in total. The summed E-state index contributed by atoms with van der Waals surface area (Å²) in [7, 11) is 0. The first-order chi connectivity index (χ1) is 16.2. The third-order valence-corrected chi connectivity index (χ3v) is 4.91. The number of nitro groups is 2. The van der Waals surface area contributed by atoms with Gasteiger partial charge in [-0.05, 0) is 45.0 Å². The largest absolute Gasteiger partial charge is 0.357 e. The molecule has 1 aromatic heterocycles. The average Bonchev–Trinajstić information content (AvgIpc) is 2.80. The molecule has 1 heterocycles. The minimum atomic E-state index is -0.788. The van der Waals surface area contributed by atoms with E-state index in [-0.39, 0.29) is 5.56 Å². The summed E-state index contributed by atoms with van der Waals surface area (Å²) in [5, 5.41) is 27.8. The second kappa shape index (κ2) is 10.3. The van der Waals surface area contributed by atoms with Gasteiger partial charge in [0, 0.05) is 48.4 Å². The first-order valence-electron chi connectivity index (χ1n) is 10.4. The number of nitro benzene ring substituents is 2. The number of amides is 1. The van der Waals surface area contributed by atoms with Crippen LogP contribution in [-0.4, -0.2) is 38.8 Å². The van der Waals surface area contributed by atoms with Crippen molar-refractivity contribution in [2.45, 2.75) is 20.8 Å². The summed E-state index contributed by atoms with van der Waals surface area (Å²) in [5.41, 5.74) is 0.621. The third kappa shape index (κ3) is 5.79. The van der Waals surface area contributed by atoms with E-state index in [2.05, 4.69) is 25.5 Å². The molecule has 0 bridgehead atoms. The monoisotopic (exact) mass is 465 g/mol. The van der Waals surface area contributed by atoms with Crippen molar-refractivity contribution < 1.29 is 14.6 Å². The molecule has 176 valence electrons. The number of non-ortho nitro benzene ring substituents is 2. The van der Waals surface area contributed by atoms with Crippen molar-refractivity contribution >= 4 is 40.4 Å². The lowest BCUT2D eigenvalue weighted by atomic mass is 10.1. The molecular weight excluding hydrogens is 442 g/mol. The number of hydrogen-bond donors (Lipinski definition) is 2. The second-order valence-electron chi connectivity index (χ2n) is 7.27. The van der Waals surface area contributed by atoms with Gasteiger partial charge in [-0.25, -0.2) is 4.98 Å². The third-order valence-electron chi connectivity index (χ3n) is 4.91. The number of nitrogens with zero attached hydrogens (tertiary/aromatic N) is 5. The molecule has 0 radical (unpaired) electrons. The summed E-state index contributed by atoms with van der Waals surface area (Å²) in [6.45, 7) is 7.61. The number of anilines is 4. The van der Waals surface area contributed by atoms with Crippen LogP contribution in [0.1, 0.15) is 29.9 Å². The zero-order valence-electron chi connectivity index (χ0n) is 18.8. The lowest BCUT2D eigenvalue weighted by molar-refractivity contribution is -0.394. The fourth-order valence-electron chi connectivity index (χ4n) is 3.22. The van der Waals surface area contributed by atoms with Gasteiger partial charge in [-0.15, -0.1) is 0 Å². The van der Waals surface area contributed by atoms with Crippen molar-refractivity contribution in [1.29, 1.82) is 0 Å². The topological polar surface area (TPSA) is 156 Å². The van der Waals surface area contributed by atoms with Crippen LogP contribution in [0, 0.1) is 27.2 Å². The Hall–Kier alpha value is -4.61. The van der Waals surface area contributed by atoms with E-state index in [9.17, 15) is 25.0 Å². The van der Waals surface area contributed by atoms with Crippen LogP contribution >= 0.6 is 0 Å². The van der Waals surface area contributed by atoms with Gasteiger partial charge < -0.3 is 15.5 Å². The van der Waals surface area contributed by atoms with E-state index in [1.165, 1.54) is 0 Å². The average molecular weight is 465 g/mol. The zero-order valence-corrected chi connectivity index (χ0v) is 18.8. The summed E-state index contributed by atoms with van der Waals surface area (Å²) in [6.07, 6.45) is 0. The van der Waals surface area contributed by atoms with Gasteiger partial charge in [0.25, 0.3) is 17.3 Å². The maximum atomic E-state index is 12.5. The predicted octanol–water partition coefficient (Wildman–Crippen LogP) is 4.44. The Labute approximate surface area is 195 Å². The molecule has 0 fully saturated rings. The quantitative estimate of drug-likeness (QED) is 0.344. The number of carbonyl (C=O) groups excluding carboxylic acids is 1. The molecule has 0 spiro atoms. The van der Waals surface area contributed by atoms with Crippen LogP contribution in [0.15, 0.2) is 48.5 Å². The molecule has 0 unspecified atom stereocenters. The van der Waals surface area contributed by atoms with Gasteiger partial charge in [0.15, 0.2) is 0 Å². The zero-order chi connectivity index (χ0) is 24.8. The normalized spacial score (nSPS) is 10.4. The highest BCUT2D eigenvalue weighted by Gasteiger charge is 2.20. The number of aryl methyl sites for hydroxylation is 1. The van der Waals surface area contributed by atoms with Crippen LogP contribution in [0.2, 0.25) is 0 Å². The molecule has 3 aromatic rings. The SMILES string of the molecule is CCN(CC)c1cc(C)nc(Nc2ccc(NC(=O)c3cc([N+](=O)[O-])cc([N+](=O)[O-])c3)cc2)n1. The van der Waals surface area contributed by atoms with Gasteiger partial charge >= 0.3 is 0 Å². The first-order valence-corrected chi connectivity index (χ1v) is 10.4. The lowest BCUT2D eigenvalue weighted by Gasteiger charge is -2.20. The molecule has 12 heteroatoms. The van der Waals surface area contributed by atoms with Crippen molar-refractivity contribution in [3.05, 3.63) is 80.0 Å². The van der Waals surface area contributed by atoms with Gasteiger partial charge in [-0.2, -0.15) is 4.98 Å². The van der Waals surface area contributed by atoms with Gasteiger partial charge in [-0.3, -0.25) is 25.0 Å². The maximum absolute atomic E-state index is 12.5. The lowest BCUT2D eigenvalue weighted by Crippen LogP contribution is -2.23. The van der Waals surface area contributed by atoms with E-state index < -0.39 is 27.1 Å². The second-order valence-corrected chi connectivity index (χ2v) is 7.27. The van der Waals surface area contributed by atoms with Gasteiger partial charge in [0.2, 0.25) is 5.95 Å². The molecule has 1 amide bonds. The first kappa shape index (κ1) is 24.0. The predicted molar refractivity (Wildman–Crippen MR) is 128 cm³/mol. The van der Waals surface area contributed by atoms with Crippen molar-refractivity contribution in [2.24, 2.45) is 0 Å². The van der Waals surface area contributed by atoms with Crippen LogP contribution in [0.3, 0.4) is 0 Å². The number of rotatable bonds is 9. The van der Waals surface area contributed by atoms with Crippen LogP contribution in [0.25, 0.3) is 0 Å². The molecule has 0 atom stereocenters. The number of nitrogens with one attached hydrogen (secondary N) is 2. The van der Waals surface area contributed by atoms with E-state index >= 15 is 0 Å². The van der Waals surface area contributed by atoms with Gasteiger partial charge in [0.05, 0.1) is 21.5 Å². The van der Waals surface area contributed by atoms with E-state index in [1.54, 1.807) is 24.3 Å². The number of hydrogen-bond acceptors (Lipinski definition) is 9. The Morgan fingerprint density at radius 3 is 2.00 bits per heavy atom.